The quantitative estimate of drug-likeness (QED) is 0.852. The Morgan fingerprint density at radius 1 is 1.33 bits per heavy atom. The van der Waals surface area contributed by atoms with Gasteiger partial charge in [-0.25, -0.2) is 4.98 Å². The fraction of sp³-hybridized carbons (Fsp3) is 0.400. The van der Waals surface area contributed by atoms with Gasteiger partial charge in [0.1, 0.15) is 5.01 Å². The molecule has 1 fully saturated rings. The van der Waals surface area contributed by atoms with E-state index in [0.29, 0.717) is 6.04 Å². The summed E-state index contributed by atoms with van der Waals surface area (Å²) in [5.41, 5.74) is 1.13. The molecule has 1 aromatic carbocycles. The minimum atomic E-state index is 0.681. The average molecular weight is 256 g/mol. The first kappa shape index (κ1) is 10.7. The second-order valence-corrected chi connectivity index (χ2v) is 6.41. The van der Waals surface area contributed by atoms with Crippen LogP contribution in [-0.2, 0) is 6.54 Å². The van der Waals surface area contributed by atoms with Crippen molar-refractivity contribution in [2.75, 3.05) is 0 Å². The van der Waals surface area contributed by atoms with Crippen molar-refractivity contribution in [3.8, 4) is 0 Å². The minimum absolute atomic E-state index is 0.681. The summed E-state index contributed by atoms with van der Waals surface area (Å²) in [5.74, 6) is 1.72. The lowest BCUT2D eigenvalue weighted by atomic mass is 9.71. The van der Waals surface area contributed by atoms with Crippen molar-refractivity contribution < 1.29 is 0 Å². The summed E-state index contributed by atoms with van der Waals surface area (Å²) in [6.45, 7) is 0.918. The van der Waals surface area contributed by atoms with Gasteiger partial charge in [0, 0.05) is 12.6 Å². The molecule has 1 saturated carbocycles. The van der Waals surface area contributed by atoms with Crippen molar-refractivity contribution in [2.24, 2.45) is 11.8 Å². The molecule has 0 amide bonds. The molecule has 0 saturated heterocycles. The minimum Gasteiger partial charge on any atom is -0.307 e. The van der Waals surface area contributed by atoms with Crippen LogP contribution in [-0.4, -0.2) is 11.0 Å². The topological polar surface area (TPSA) is 24.9 Å². The van der Waals surface area contributed by atoms with Crippen molar-refractivity contribution in [3.05, 3.63) is 41.4 Å². The average Bonchev–Trinajstić information content (AvgIpc) is 2.93. The molecule has 0 spiro atoms. The molecule has 1 heterocycles. The van der Waals surface area contributed by atoms with Crippen LogP contribution in [0.5, 0.6) is 0 Å². The van der Waals surface area contributed by atoms with Crippen LogP contribution in [0.4, 0.5) is 0 Å². The van der Waals surface area contributed by atoms with E-state index in [4.69, 9.17) is 0 Å². The van der Waals surface area contributed by atoms with Gasteiger partial charge in [-0.2, -0.15) is 0 Å². The molecule has 2 aliphatic rings. The lowest BCUT2D eigenvalue weighted by molar-refractivity contribution is 0.162. The first-order chi connectivity index (χ1) is 8.90. The van der Waals surface area contributed by atoms with E-state index in [-0.39, 0.29) is 0 Å². The Morgan fingerprint density at radius 2 is 2.28 bits per heavy atom. The number of thiazole rings is 1. The Bertz CT molecular complexity index is 568. The highest BCUT2D eigenvalue weighted by molar-refractivity contribution is 7.18. The summed E-state index contributed by atoms with van der Waals surface area (Å²) in [4.78, 5) is 4.67. The summed E-state index contributed by atoms with van der Waals surface area (Å²) in [6.07, 6.45) is 7.37. The Morgan fingerprint density at radius 3 is 3.17 bits per heavy atom. The lowest BCUT2D eigenvalue weighted by Crippen LogP contribution is -2.47. The van der Waals surface area contributed by atoms with Crippen LogP contribution in [0, 0.1) is 11.8 Å². The predicted octanol–water partition coefficient (Wildman–Crippen LogP) is 3.35. The molecule has 1 aromatic heterocycles. The first-order valence-electron chi connectivity index (χ1n) is 6.64. The third kappa shape index (κ3) is 1.70. The van der Waals surface area contributed by atoms with Crippen molar-refractivity contribution in [1.29, 1.82) is 0 Å². The molecule has 0 radical (unpaired) electrons. The smallest absolute Gasteiger partial charge is 0.108 e. The number of nitrogens with one attached hydrogen (secondary N) is 1. The van der Waals surface area contributed by atoms with Gasteiger partial charge in [0.25, 0.3) is 0 Å². The first-order valence-corrected chi connectivity index (χ1v) is 7.46. The molecule has 2 aliphatic carbocycles. The number of nitrogens with zero attached hydrogens (tertiary/aromatic N) is 1. The molecule has 18 heavy (non-hydrogen) atoms. The number of benzene rings is 1. The summed E-state index contributed by atoms with van der Waals surface area (Å²) >= 11 is 1.81. The van der Waals surface area contributed by atoms with Crippen molar-refractivity contribution in [3.63, 3.8) is 0 Å². The van der Waals surface area contributed by atoms with E-state index in [0.717, 1.165) is 23.9 Å². The number of hydrogen-bond donors (Lipinski definition) is 1. The van der Waals surface area contributed by atoms with Gasteiger partial charge < -0.3 is 5.32 Å². The zero-order valence-corrected chi connectivity index (χ0v) is 11.0. The normalized spacial score (nSPS) is 29.4. The molecule has 4 rings (SSSR count). The molecule has 2 aromatic rings. The summed E-state index contributed by atoms with van der Waals surface area (Å²) in [6, 6.07) is 9.06. The van der Waals surface area contributed by atoms with E-state index in [9.17, 15) is 0 Å². The summed E-state index contributed by atoms with van der Waals surface area (Å²) in [7, 11) is 0. The van der Waals surface area contributed by atoms with Gasteiger partial charge in [-0.1, -0.05) is 24.3 Å². The Kier molecular flexibility index (Phi) is 2.49. The zero-order chi connectivity index (χ0) is 11.9. The number of fused-ring (bicyclic) bond motifs is 2. The Labute approximate surface area is 111 Å². The van der Waals surface area contributed by atoms with Gasteiger partial charge in [0.15, 0.2) is 0 Å². The molecular weight excluding hydrogens is 240 g/mol. The van der Waals surface area contributed by atoms with Crippen LogP contribution >= 0.6 is 11.3 Å². The fourth-order valence-electron chi connectivity index (χ4n) is 3.16. The molecule has 1 N–H and O–H groups in total. The highest BCUT2D eigenvalue weighted by Gasteiger charge is 2.40. The van der Waals surface area contributed by atoms with Crippen LogP contribution in [0.2, 0.25) is 0 Å². The lowest BCUT2D eigenvalue weighted by Gasteiger charge is -2.40. The van der Waals surface area contributed by atoms with Gasteiger partial charge in [-0.05, 0) is 36.8 Å². The van der Waals surface area contributed by atoms with Crippen LogP contribution < -0.4 is 5.32 Å². The molecule has 3 atom stereocenters. The zero-order valence-electron chi connectivity index (χ0n) is 10.2. The molecule has 3 heteroatoms. The number of para-hydroxylation sites is 1. The van der Waals surface area contributed by atoms with Gasteiger partial charge in [0.05, 0.1) is 10.2 Å². The van der Waals surface area contributed by atoms with Crippen molar-refractivity contribution >= 4 is 21.6 Å². The van der Waals surface area contributed by atoms with Gasteiger partial charge in [0.2, 0.25) is 0 Å². The maximum atomic E-state index is 4.67. The number of rotatable bonds is 3. The second kappa shape index (κ2) is 4.18. The Hall–Kier alpha value is -1.19. The van der Waals surface area contributed by atoms with E-state index >= 15 is 0 Å². The molecule has 92 valence electrons. The summed E-state index contributed by atoms with van der Waals surface area (Å²) in [5, 5.41) is 4.87. The molecule has 3 unspecified atom stereocenters. The molecular formula is C15H16N2S. The fourth-order valence-corrected chi connectivity index (χ4v) is 4.08. The predicted molar refractivity (Wildman–Crippen MR) is 75.6 cm³/mol. The largest absolute Gasteiger partial charge is 0.307 e. The van der Waals surface area contributed by atoms with Gasteiger partial charge in [-0.15, -0.1) is 11.3 Å². The third-order valence-corrected chi connectivity index (χ3v) is 5.25. The highest BCUT2D eigenvalue weighted by atomic mass is 32.1. The number of allylic oxidation sites excluding steroid dienone is 1. The van der Waals surface area contributed by atoms with E-state index in [1.165, 1.54) is 22.5 Å². The van der Waals surface area contributed by atoms with E-state index in [1.807, 2.05) is 11.3 Å². The molecule has 0 aliphatic heterocycles. The highest BCUT2D eigenvalue weighted by Crippen LogP contribution is 2.42. The monoisotopic (exact) mass is 256 g/mol. The molecule has 0 bridgehead atoms. The second-order valence-electron chi connectivity index (χ2n) is 5.30. The van der Waals surface area contributed by atoms with Gasteiger partial charge in [-0.3, -0.25) is 0 Å². The van der Waals surface area contributed by atoms with Crippen LogP contribution in [0.15, 0.2) is 36.4 Å². The molecule has 2 nitrogen and oxygen atoms in total. The van der Waals surface area contributed by atoms with E-state index in [1.54, 1.807) is 0 Å². The number of hydrogen-bond acceptors (Lipinski definition) is 3. The van der Waals surface area contributed by atoms with Crippen molar-refractivity contribution in [2.45, 2.75) is 25.4 Å². The maximum absolute atomic E-state index is 4.67. The number of aromatic nitrogens is 1. The SMILES string of the molecule is C1=CC2C(C1)CC2NCc1nc2ccccc2s1. The van der Waals surface area contributed by atoms with Crippen molar-refractivity contribution in [1.82, 2.24) is 10.3 Å². The third-order valence-electron chi connectivity index (χ3n) is 4.22. The van der Waals surface area contributed by atoms with E-state index < -0.39 is 0 Å². The maximum Gasteiger partial charge on any atom is 0.108 e. The van der Waals surface area contributed by atoms with Crippen LogP contribution in [0.3, 0.4) is 0 Å². The van der Waals surface area contributed by atoms with Crippen LogP contribution in [0.1, 0.15) is 17.8 Å². The Balaban J connectivity index is 1.44. The van der Waals surface area contributed by atoms with E-state index in [2.05, 4.69) is 46.7 Å². The van der Waals surface area contributed by atoms with Gasteiger partial charge >= 0.3 is 0 Å². The summed E-state index contributed by atoms with van der Waals surface area (Å²) < 4.78 is 1.29. The van der Waals surface area contributed by atoms with Crippen LogP contribution in [0.25, 0.3) is 10.2 Å². The standard InChI is InChI=1S/C15H16N2S/c1-2-7-14-12(6-1)17-15(18-14)9-16-13-8-10-4-3-5-11(10)13/h1-3,5-7,10-11,13,16H,4,8-9H2.